The number of hydrogen-bond acceptors (Lipinski definition) is 7. The molecule has 1 saturated heterocycles. The van der Waals surface area contributed by atoms with Crippen LogP contribution >= 0.6 is 0 Å². The van der Waals surface area contributed by atoms with E-state index in [2.05, 4.69) is 35.3 Å². The molecule has 1 aliphatic heterocycles. The zero-order valence-corrected chi connectivity index (χ0v) is 13.7. The van der Waals surface area contributed by atoms with E-state index in [9.17, 15) is 8.78 Å². The maximum absolute atomic E-state index is 12.2. The number of rotatable bonds is 6. The summed E-state index contributed by atoms with van der Waals surface area (Å²) in [6, 6.07) is 1.32. The number of H-pyrrole nitrogens is 1. The van der Waals surface area contributed by atoms with E-state index in [1.54, 1.807) is 6.20 Å². The highest BCUT2D eigenvalue weighted by atomic mass is 19.3. The van der Waals surface area contributed by atoms with Crippen LogP contribution in [0.2, 0.25) is 0 Å². The van der Waals surface area contributed by atoms with Gasteiger partial charge in [0.05, 0.1) is 12.4 Å². The number of nitrogens with one attached hydrogen (secondary N) is 2. The van der Waals surface area contributed by atoms with Crippen LogP contribution < -0.4 is 10.1 Å². The van der Waals surface area contributed by atoms with E-state index in [4.69, 9.17) is 4.74 Å². The lowest BCUT2D eigenvalue weighted by Gasteiger charge is -2.21. The van der Waals surface area contributed by atoms with Crippen molar-refractivity contribution in [3.8, 4) is 5.88 Å². The van der Waals surface area contributed by atoms with Crippen molar-refractivity contribution in [2.75, 3.05) is 18.5 Å². The number of fused-ring (bicyclic) bond motifs is 1. The van der Waals surface area contributed by atoms with Gasteiger partial charge in [0, 0.05) is 25.8 Å². The standard InChI is InChI=1S/C15H17F2N7O2/c16-15(17)26-13-5-11(22-23-13)20-12-7-18-10-6-19-24(14(10)21-12)8-9-1-3-25-4-2-9/h5-7,9,15H,1-4,8H2,(H2,20,21,22,23). The van der Waals surface area contributed by atoms with E-state index in [0.29, 0.717) is 28.7 Å². The van der Waals surface area contributed by atoms with Crippen LogP contribution in [0.15, 0.2) is 18.5 Å². The zero-order valence-electron chi connectivity index (χ0n) is 13.7. The summed E-state index contributed by atoms with van der Waals surface area (Å²) in [5.74, 6) is 1.09. The third kappa shape index (κ3) is 3.72. The number of alkyl halides is 2. The Balaban J connectivity index is 1.51. The Morgan fingerprint density at radius 1 is 1.35 bits per heavy atom. The molecule has 9 nitrogen and oxygen atoms in total. The molecule has 4 heterocycles. The summed E-state index contributed by atoms with van der Waals surface area (Å²) in [5.41, 5.74) is 1.35. The first-order chi connectivity index (χ1) is 12.7. The highest BCUT2D eigenvalue weighted by molar-refractivity contribution is 5.71. The molecule has 1 fully saturated rings. The maximum Gasteiger partial charge on any atom is 0.388 e. The summed E-state index contributed by atoms with van der Waals surface area (Å²) in [5, 5.41) is 13.5. The first-order valence-electron chi connectivity index (χ1n) is 8.21. The number of ether oxygens (including phenoxy) is 2. The molecule has 0 saturated carbocycles. The number of hydrogen-bond donors (Lipinski definition) is 2. The largest absolute Gasteiger partial charge is 0.415 e. The van der Waals surface area contributed by atoms with E-state index in [-0.39, 0.29) is 5.88 Å². The van der Waals surface area contributed by atoms with Crippen LogP contribution in [0.3, 0.4) is 0 Å². The fraction of sp³-hybridized carbons (Fsp3) is 0.467. The average molecular weight is 365 g/mol. The van der Waals surface area contributed by atoms with Gasteiger partial charge in [0.15, 0.2) is 11.5 Å². The monoisotopic (exact) mass is 365 g/mol. The van der Waals surface area contributed by atoms with Crippen LogP contribution in [-0.2, 0) is 11.3 Å². The lowest BCUT2D eigenvalue weighted by atomic mass is 10.0. The minimum absolute atomic E-state index is 0.207. The fourth-order valence-electron chi connectivity index (χ4n) is 2.87. The van der Waals surface area contributed by atoms with Crippen LogP contribution in [0.5, 0.6) is 5.88 Å². The molecule has 0 aromatic carbocycles. The zero-order chi connectivity index (χ0) is 17.9. The Labute approximate surface area is 146 Å². The molecule has 26 heavy (non-hydrogen) atoms. The Hall–Kier alpha value is -2.82. The summed E-state index contributed by atoms with van der Waals surface area (Å²) in [6.07, 6.45) is 5.20. The topological polar surface area (TPSA) is 103 Å². The van der Waals surface area contributed by atoms with E-state index < -0.39 is 6.61 Å². The second-order valence-corrected chi connectivity index (χ2v) is 5.97. The Kier molecular flexibility index (Phi) is 4.61. The van der Waals surface area contributed by atoms with Crippen molar-refractivity contribution >= 4 is 22.8 Å². The third-order valence-corrected chi connectivity index (χ3v) is 4.14. The van der Waals surface area contributed by atoms with Gasteiger partial charge >= 0.3 is 6.61 Å². The summed E-state index contributed by atoms with van der Waals surface area (Å²) in [6.45, 7) is -0.639. The second kappa shape index (κ2) is 7.20. The van der Waals surface area contributed by atoms with Gasteiger partial charge < -0.3 is 14.8 Å². The van der Waals surface area contributed by atoms with Gasteiger partial charge in [0.1, 0.15) is 11.3 Å². The molecule has 138 valence electrons. The second-order valence-electron chi connectivity index (χ2n) is 5.97. The highest BCUT2D eigenvalue weighted by Crippen LogP contribution is 2.21. The number of halogens is 2. The molecular formula is C15H17F2N7O2. The molecule has 2 N–H and O–H groups in total. The third-order valence-electron chi connectivity index (χ3n) is 4.14. The molecule has 0 atom stereocenters. The quantitative estimate of drug-likeness (QED) is 0.691. The Morgan fingerprint density at radius 3 is 3.00 bits per heavy atom. The molecule has 0 spiro atoms. The molecule has 0 amide bonds. The van der Waals surface area contributed by atoms with Crippen LogP contribution in [0.4, 0.5) is 20.4 Å². The van der Waals surface area contributed by atoms with Gasteiger partial charge in [-0.15, -0.1) is 5.10 Å². The van der Waals surface area contributed by atoms with Crippen LogP contribution in [-0.4, -0.2) is 49.8 Å². The van der Waals surface area contributed by atoms with Crippen LogP contribution in [0.1, 0.15) is 12.8 Å². The summed E-state index contributed by atoms with van der Waals surface area (Å²) >= 11 is 0. The number of aromatic nitrogens is 6. The lowest BCUT2D eigenvalue weighted by Crippen LogP contribution is -2.21. The molecule has 11 heteroatoms. The minimum atomic E-state index is -2.93. The molecular weight excluding hydrogens is 348 g/mol. The number of nitrogens with zero attached hydrogens (tertiary/aromatic N) is 5. The van der Waals surface area contributed by atoms with Gasteiger partial charge in [-0.1, -0.05) is 0 Å². The molecule has 3 aromatic heterocycles. The molecule has 0 unspecified atom stereocenters. The lowest BCUT2D eigenvalue weighted by molar-refractivity contribution is -0.0528. The van der Waals surface area contributed by atoms with Crippen LogP contribution in [0.25, 0.3) is 11.2 Å². The van der Waals surface area contributed by atoms with Gasteiger partial charge in [-0.2, -0.15) is 13.9 Å². The van der Waals surface area contributed by atoms with Gasteiger partial charge in [-0.3, -0.25) is 5.10 Å². The number of aromatic amines is 1. The van der Waals surface area contributed by atoms with Crippen molar-refractivity contribution in [2.45, 2.75) is 26.0 Å². The molecule has 0 bridgehead atoms. The van der Waals surface area contributed by atoms with Crippen molar-refractivity contribution in [1.29, 1.82) is 0 Å². The van der Waals surface area contributed by atoms with Gasteiger partial charge in [0.2, 0.25) is 5.88 Å². The van der Waals surface area contributed by atoms with Gasteiger partial charge in [-0.25, -0.2) is 14.6 Å². The first-order valence-corrected chi connectivity index (χ1v) is 8.21. The van der Waals surface area contributed by atoms with E-state index in [0.717, 1.165) is 32.6 Å². The van der Waals surface area contributed by atoms with E-state index in [1.165, 1.54) is 12.3 Å². The van der Waals surface area contributed by atoms with Crippen molar-refractivity contribution in [3.05, 3.63) is 18.5 Å². The summed E-state index contributed by atoms with van der Waals surface area (Å²) in [4.78, 5) is 8.85. The maximum atomic E-state index is 12.2. The van der Waals surface area contributed by atoms with E-state index >= 15 is 0 Å². The first kappa shape index (κ1) is 16.6. The van der Waals surface area contributed by atoms with Gasteiger partial charge in [-0.05, 0) is 18.8 Å². The van der Waals surface area contributed by atoms with Crippen molar-refractivity contribution in [2.24, 2.45) is 5.92 Å². The Morgan fingerprint density at radius 2 is 2.19 bits per heavy atom. The minimum Gasteiger partial charge on any atom is -0.415 e. The highest BCUT2D eigenvalue weighted by Gasteiger charge is 2.17. The van der Waals surface area contributed by atoms with Crippen molar-refractivity contribution in [3.63, 3.8) is 0 Å². The smallest absolute Gasteiger partial charge is 0.388 e. The summed E-state index contributed by atoms with van der Waals surface area (Å²) < 4.78 is 35.8. The van der Waals surface area contributed by atoms with Crippen molar-refractivity contribution in [1.82, 2.24) is 29.9 Å². The fourth-order valence-corrected chi connectivity index (χ4v) is 2.87. The molecule has 0 aliphatic carbocycles. The average Bonchev–Trinajstić information content (AvgIpc) is 3.22. The summed E-state index contributed by atoms with van der Waals surface area (Å²) in [7, 11) is 0. The predicted molar refractivity (Wildman–Crippen MR) is 87.4 cm³/mol. The molecule has 4 rings (SSSR count). The number of anilines is 2. The SMILES string of the molecule is FC(F)Oc1cc(Nc2cnc3cnn(CC4CCOCC4)c3n2)[nH]n1. The molecule has 3 aromatic rings. The molecule has 1 aliphatic rings. The van der Waals surface area contributed by atoms with E-state index in [1.807, 2.05) is 4.68 Å². The van der Waals surface area contributed by atoms with Gasteiger partial charge in [0.25, 0.3) is 0 Å². The van der Waals surface area contributed by atoms with Crippen LogP contribution in [0, 0.1) is 5.92 Å². The van der Waals surface area contributed by atoms with Crippen molar-refractivity contribution < 1.29 is 18.3 Å². The predicted octanol–water partition coefficient (Wildman–Crippen LogP) is 2.32. The molecule has 0 radical (unpaired) electrons. The normalized spacial score (nSPS) is 15.7. The Bertz CT molecular complexity index is 876.